The maximum atomic E-state index is 14.6. The molecule has 2 fully saturated rings. The van der Waals surface area contributed by atoms with E-state index in [0.717, 1.165) is 17.8 Å². The van der Waals surface area contributed by atoms with Crippen LogP contribution < -0.4 is 4.74 Å². The topological polar surface area (TPSA) is 9.23 Å². The maximum absolute atomic E-state index is 14.6. The molecule has 158 valence electrons. The summed E-state index contributed by atoms with van der Waals surface area (Å²) in [6.45, 7) is 2.28. The first-order valence-corrected chi connectivity index (χ1v) is 11.6. The minimum atomic E-state index is -0.887. The number of fused-ring (bicyclic) bond motifs is 2. The molecule has 1 nitrogen and oxygen atoms in total. The van der Waals surface area contributed by atoms with Crippen LogP contribution >= 0.6 is 0 Å². The Bertz CT molecular complexity index is 846. The van der Waals surface area contributed by atoms with Gasteiger partial charge < -0.3 is 4.74 Å². The van der Waals surface area contributed by atoms with Crippen molar-refractivity contribution in [1.29, 1.82) is 0 Å². The summed E-state index contributed by atoms with van der Waals surface area (Å²) >= 11 is 0. The van der Waals surface area contributed by atoms with Gasteiger partial charge in [0.2, 0.25) is 5.82 Å². The highest BCUT2D eigenvalue weighted by Gasteiger charge is 2.35. The summed E-state index contributed by atoms with van der Waals surface area (Å²) in [7, 11) is 1.37. The zero-order valence-electron chi connectivity index (χ0n) is 17.9. The van der Waals surface area contributed by atoms with Gasteiger partial charge in [-0.3, -0.25) is 0 Å². The van der Waals surface area contributed by atoms with Crippen molar-refractivity contribution in [2.75, 3.05) is 7.11 Å². The summed E-state index contributed by atoms with van der Waals surface area (Å²) in [5.41, 5.74) is 1.17. The Labute approximate surface area is 173 Å². The molecule has 4 rings (SSSR count). The van der Waals surface area contributed by atoms with Gasteiger partial charge in [0.15, 0.2) is 11.6 Å². The summed E-state index contributed by atoms with van der Waals surface area (Å²) in [4.78, 5) is 0. The molecule has 3 heteroatoms. The molecule has 2 saturated carbocycles. The van der Waals surface area contributed by atoms with Gasteiger partial charge in [-0.15, -0.1) is 0 Å². The molecule has 29 heavy (non-hydrogen) atoms. The van der Waals surface area contributed by atoms with Crippen molar-refractivity contribution < 1.29 is 13.5 Å². The first kappa shape index (κ1) is 20.6. The van der Waals surface area contributed by atoms with Gasteiger partial charge >= 0.3 is 0 Å². The molecule has 0 N–H and O–H groups in total. The lowest BCUT2D eigenvalue weighted by molar-refractivity contribution is 0.113. The van der Waals surface area contributed by atoms with Crippen molar-refractivity contribution in [3.05, 3.63) is 41.5 Å². The minimum Gasteiger partial charge on any atom is -0.494 e. The van der Waals surface area contributed by atoms with Gasteiger partial charge in [-0.05, 0) is 78.9 Å². The highest BCUT2D eigenvalue weighted by Crippen LogP contribution is 2.48. The Kier molecular flexibility index (Phi) is 6.41. The van der Waals surface area contributed by atoms with E-state index in [-0.39, 0.29) is 5.75 Å². The van der Waals surface area contributed by atoms with Crippen LogP contribution in [0.3, 0.4) is 0 Å². The predicted octanol–water partition coefficient (Wildman–Crippen LogP) is 8.01. The van der Waals surface area contributed by atoms with Crippen molar-refractivity contribution in [3.63, 3.8) is 0 Å². The first-order chi connectivity index (χ1) is 14.1. The molecule has 0 saturated heterocycles. The standard InChI is InChI=1S/C26H34F2O/c1-3-4-5-6-17-7-8-19-14-20(10-9-18(19)13-17)21-11-12-22-16-24(29-2)26(28)25(27)23(22)15-21/h11-12,15-20H,3-10,13-14H2,1-2H3. The third-order valence-corrected chi connectivity index (χ3v) is 7.64. The highest BCUT2D eigenvalue weighted by molar-refractivity contribution is 5.85. The molecule has 0 aliphatic heterocycles. The average Bonchev–Trinajstić information content (AvgIpc) is 2.75. The van der Waals surface area contributed by atoms with Crippen molar-refractivity contribution in [3.8, 4) is 5.75 Å². The third-order valence-electron chi connectivity index (χ3n) is 7.64. The largest absolute Gasteiger partial charge is 0.494 e. The third kappa shape index (κ3) is 4.29. The van der Waals surface area contributed by atoms with Crippen molar-refractivity contribution in [1.82, 2.24) is 0 Å². The minimum absolute atomic E-state index is 0.0287. The van der Waals surface area contributed by atoms with Gasteiger partial charge in [-0.1, -0.05) is 51.2 Å². The number of unbranched alkanes of at least 4 members (excludes halogenated alkanes) is 2. The van der Waals surface area contributed by atoms with Crippen molar-refractivity contribution in [2.24, 2.45) is 17.8 Å². The summed E-state index contributed by atoms with van der Waals surface area (Å²) in [6.07, 6.45) is 13.3. The first-order valence-electron chi connectivity index (χ1n) is 11.6. The van der Waals surface area contributed by atoms with Gasteiger partial charge in [0.05, 0.1) is 7.11 Å². The molecule has 4 atom stereocenters. The second-order valence-corrected chi connectivity index (χ2v) is 9.39. The molecule has 2 aromatic rings. The van der Waals surface area contributed by atoms with Crippen LogP contribution in [-0.4, -0.2) is 7.11 Å². The number of halogens is 2. The second-order valence-electron chi connectivity index (χ2n) is 9.39. The highest BCUT2D eigenvalue weighted by atomic mass is 19.2. The van der Waals surface area contributed by atoms with Crippen LogP contribution in [0.2, 0.25) is 0 Å². The maximum Gasteiger partial charge on any atom is 0.201 e. The molecular formula is C26H34F2O. The Hall–Kier alpha value is -1.64. The van der Waals surface area contributed by atoms with Gasteiger partial charge in [0.25, 0.3) is 0 Å². The fourth-order valence-electron chi connectivity index (χ4n) is 5.96. The van der Waals surface area contributed by atoms with Crippen LogP contribution in [0, 0.1) is 29.4 Å². The smallest absolute Gasteiger partial charge is 0.201 e. The molecule has 2 aromatic carbocycles. The number of rotatable bonds is 6. The Morgan fingerprint density at radius 2 is 1.72 bits per heavy atom. The monoisotopic (exact) mass is 400 g/mol. The molecular weight excluding hydrogens is 366 g/mol. The Morgan fingerprint density at radius 3 is 2.52 bits per heavy atom. The van der Waals surface area contributed by atoms with Crippen LogP contribution in [-0.2, 0) is 0 Å². The number of hydrogen-bond acceptors (Lipinski definition) is 1. The van der Waals surface area contributed by atoms with Crippen molar-refractivity contribution >= 4 is 10.8 Å². The number of benzene rings is 2. The van der Waals surface area contributed by atoms with E-state index in [2.05, 4.69) is 13.0 Å². The fourth-order valence-corrected chi connectivity index (χ4v) is 5.96. The number of ether oxygens (including phenoxy) is 1. The van der Waals surface area contributed by atoms with E-state index in [1.807, 2.05) is 12.1 Å². The molecule has 2 aliphatic rings. The van der Waals surface area contributed by atoms with Crippen LogP contribution in [0.4, 0.5) is 8.78 Å². The molecule has 0 spiro atoms. The lowest BCUT2D eigenvalue weighted by atomic mass is 9.63. The van der Waals surface area contributed by atoms with E-state index < -0.39 is 11.6 Å². The zero-order chi connectivity index (χ0) is 20.4. The van der Waals surface area contributed by atoms with Gasteiger partial charge in [-0.2, -0.15) is 4.39 Å². The normalized spacial score (nSPS) is 27.0. The summed E-state index contributed by atoms with van der Waals surface area (Å²) in [6, 6.07) is 7.51. The summed E-state index contributed by atoms with van der Waals surface area (Å²) in [5.74, 6) is 1.40. The Balaban J connectivity index is 1.46. The average molecular weight is 401 g/mol. The van der Waals surface area contributed by atoms with E-state index >= 15 is 0 Å². The second kappa shape index (κ2) is 9.02. The number of methoxy groups -OCH3 is 1. The van der Waals surface area contributed by atoms with E-state index in [0.29, 0.717) is 16.7 Å². The van der Waals surface area contributed by atoms with Crippen LogP contribution in [0.25, 0.3) is 10.8 Å². The SMILES string of the molecule is CCCCCC1CCC2CC(c3ccc4cc(OC)c(F)c(F)c4c3)CCC2C1. The molecule has 2 aliphatic carbocycles. The van der Waals surface area contributed by atoms with Crippen LogP contribution in [0.5, 0.6) is 5.75 Å². The molecule has 0 heterocycles. The molecule has 0 bridgehead atoms. The zero-order valence-corrected chi connectivity index (χ0v) is 17.9. The van der Waals surface area contributed by atoms with Crippen molar-refractivity contribution in [2.45, 2.75) is 77.0 Å². The van der Waals surface area contributed by atoms with E-state index in [1.54, 1.807) is 6.07 Å². The van der Waals surface area contributed by atoms with Gasteiger partial charge in [0.1, 0.15) is 0 Å². The lowest BCUT2D eigenvalue weighted by Gasteiger charge is -2.42. The lowest BCUT2D eigenvalue weighted by Crippen LogP contribution is -2.30. The predicted molar refractivity (Wildman–Crippen MR) is 115 cm³/mol. The van der Waals surface area contributed by atoms with E-state index in [1.165, 1.54) is 76.9 Å². The van der Waals surface area contributed by atoms with Crippen LogP contribution in [0.15, 0.2) is 24.3 Å². The summed E-state index contributed by atoms with van der Waals surface area (Å²) in [5, 5.41) is 1.08. The molecule has 0 amide bonds. The van der Waals surface area contributed by atoms with E-state index in [4.69, 9.17) is 4.74 Å². The fraction of sp³-hybridized carbons (Fsp3) is 0.615. The summed E-state index contributed by atoms with van der Waals surface area (Å²) < 4.78 is 33.7. The van der Waals surface area contributed by atoms with Gasteiger partial charge in [0, 0.05) is 5.39 Å². The van der Waals surface area contributed by atoms with Gasteiger partial charge in [-0.25, -0.2) is 4.39 Å². The number of hydrogen-bond donors (Lipinski definition) is 0. The molecule has 0 aromatic heterocycles. The quantitative estimate of drug-likeness (QED) is 0.446. The van der Waals surface area contributed by atoms with Crippen LogP contribution in [0.1, 0.15) is 82.6 Å². The Morgan fingerprint density at radius 1 is 0.931 bits per heavy atom. The molecule has 4 unspecified atom stereocenters. The molecule has 0 radical (unpaired) electrons. The van der Waals surface area contributed by atoms with E-state index in [9.17, 15) is 8.78 Å².